The van der Waals surface area contributed by atoms with Gasteiger partial charge in [-0.3, -0.25) is 9.59 Å². The van der Waals surface area contributed by atoms with E-state index >= 15 is 0 Å². The minimum absolute atomic E-state index is 0.0664. The number of nitrogens with one attached hydrogen (secondary N) is 1. The summed E-state index contributed by atoms with van der Waals surface area (Å²) in [4.78, 5) is 32.6. The Morgan fingerprint density at radius 3 is 2.38 bits per heavy atom. The Kier molecular flexibility index (Phi) is 7.54. The molecule has 2 amide bonds. The summed E-state index contributed by atoms with van der Waals surface area (Å²) in [6.07, 6.45) is 7.77. The van der Waals surface area contributed by atoms with Crippen molar-refractivity contribution in [2.45, 2.75) is 51.0 Å². The van der Waals surface area contributed by atoms with Gasteiger partial charge in [-0.25, -0.2) is 0 Å². The van der Waals surface area contributed by atoms with Crippen LogP contribution in [0.5, 0.6) is 11.5 Å². The van der Waals surface area contributed by atoms with Gasteiger partial charge in [-0.1, -0.05) is 6.42 Å². The first-order valence-corrected chi connectivity index (χ1v) is 13.1. The Labute approximate surface area is 202 Å². The van der Waals surface area contributed by atoms with Crippen molar-refractivity contribution in [3.05, 3.63) is 23.8 Å². The SMILES string of the molecule is O=C(NCCN1CCCCC1)C1CCN(C2CCN(C(=O)c3ccc4c(c3)OCO4)CC2)CC1. The van der Waals surface area contributed by atoms with Gasteiger partial charge in [0.2, 0.25) is 12.7 Å². The second-order valence-electron chi connectivity index (χ2n) is 10.1. The van der Waals surface area contributed by atoms with Crippen molar-refractivity contribution >= 4 is 11.8 Å². The number of ether oxygens (including phenoxy) is 2. The van der Waals surface area contributed by atoms with E-state index in [-0.39, 0.29) is 24.5 Å². The molecule has 0 unspecified atom stereocenters. The molecule has 4 heterocycles. The highest BCUT2D eigenvalue weighted by Gasteiger charge is 2.32. The average Bonchev–Trinajstić information content (AvgIpc) is 3.37. The monoisotopic (exact) mass is 470 g/mol. The lowest BCUT2D eigenvalue weighted by Crippen LogP contribution is -2.50. The van der Waals surface area contributed by atoms with Crippen molar-refractivity contribution in [3.63, 3.8) is 0 Å². The lowest BCUT2D eigenvalue weighted by Gasteiger charge is -2.41. The third kappa shape index (κ3) is 5.49. The highest BCUT2D eigenvalue weighted by molar-refractivity contribution is 5.95. The zero-order valence-corrected chi connectivity index (χ0v) is 20.2. The van der Waals surface area contributed by atoms with Gasteiger partial charge in [-0.15, -0.1) is 0 Å². The summed E-state index contributed by atoms with van der Waals surface area (Å²) in [7, 11) is 0. The summed E-state index contributed by atoms with van der Waals surface area (Å²) in [5, 5.41) is 3.18. The van der Waals surface area contributed by atoms with Crippen LogP contribution in [0.3, 0.4) is 0 Å². The Bertz CT molecular complexity index is 856. The number of piperidine rings is 3. The number of hydrogen-bond acceptors (Lipinski definition) is 6. The van der Waals surface area contributed by atoms with E-state index in [1.54, 1.807) is 6.07 Å². The molecule has 0 aromatic heterocycles. The molecule has 5 rings (SSSR count). The average molecular weight is 471 g/mol. The predicted molar refractivity (Wildman–Crippen MR) is 129 cm³/mol. The molecular formula is C26H38N4O4. The number of hydrogen-bond donors (Lipinski definition) is 1. The van der Waals surface area contributed by atoms with Crippen LogP contribution in [0.1, 0.15) is 55.3 Å². The van der Waals surface area contributed by atoms with E-state index in [4.69, 9.17) is 9.47 Å². The van der Waals surface area contributed by atoms with Crippen molar-refractivity contribution in [2.75, 3.05) is 59.2 Å². The third-order valence-electron chi connectivity index (χ3n) is 7.96. The topological polar surface area (TPSA) is 74.4 Å². The minimum Gasteiger partial charge on any atom is -0.454 e. The Morgan fingerprint density at radius 1 is 0.882 bits per heavy atom. The van der Waals surface area contributed by atoms with E-state index in [2.05, 4.69) is 15.1 Å². The highest BCUT2D eigenvalue weighted by atomic mass is 16.7. The van der Waals surface area contributed by atoms with E-state index in [0.717, 1.165) is 65.0 Å². The van der Waals surface area contributed by atoms with E-state index < -0.39 is 0 Å². The molecule has 0 radical (unpaired) electrons. The molecule has 186 valence electrons. The fourth-order valence-electron chi connectivity index (χ4n) is 5.84. The van der Waals surface area contributed by atoms with Crippen LogP contribution in [0.2, 0.25) is 0 Å². The first kappa shape index (κ1) is 23.4. The molecule has 1 aromatic carbocycles. The summed E-state index contributed by atoms with van der Waals surface area (Å²) in [5.74, 6) is 1.80. The standard InChI is InChI=1S/C26H38N4O4/c31-25(27-10-17-28-11-2-1-3-12-28)20-6-13-29(14-7-20)22-8-15-30(16-9-22)26(32)21-4-5-23-24(18-21)34-19-33-23/h4-5,18,20,22H,1-3,6-17,19H2,(H,27,31). The van der Waals surface area contributed by atoms with E-state index in [0.29, 0.717) is 23.1 Å². The van der Waals surface area contributed by atoms with E-state index in [9.17, 15) is 9.59 Å². The predicted octanol–water partition coefficient (Wildman–Crippen LogP) is 2.33. The molecule has 1 N–H and O–H groups in total. The first-order chi connectivity index (χ1) is 16.7. The summed E-state index contributed by atoms with van der Waals surface area (Å²) < 4.78 is 10.8. The molecule has 8 heteroatoms. The highest BCUT2D eigenvalue weighted by Crippen LogP contribution is 2.33. The zero-order chi connectivity index (χ0) is 23.3. The molecule has 34 heavy (non-hydrogen) atoms. The summed E-state index contributed by atoms with van der Waals surface area (Å²) in [6, 6.07) is 5.93. The summed E-state index contributed by atoms with van der Waals surface area (Å²) in [6.45, 7) is 7.82. The maximum Gasteiger partial charge on any atom is 0.253 e. The number of likely N-dealkylation sites (tertiary alicyclic amines) is 3. The van der Waals surface area contributed by atoms with Crippen LogP contribution in [0.25, 0.3) is 0 Å². The van der Waals surface area contributed by atoms with Crippen LogP contribution < -0.4 is 14.8 Å². The molecule has 8 nitrogen and oxygen atoms in total. The van der Waals surface area contributed by atoms with Gasteiger partial charge in [-0.2, -0.15) is 0 Å². The third-order valence-corrected chi connectivity index (χ3v) is 7.96. The molecule has 1 aromatic rings. The van der Waals surface area contributed by atoms with Crippen molar-refractivity contribution in [1.29, 1.82) is 0 Å². The number of nitrogens with zero attached hydrogens (tertiary/aromatic N) is 3. The Hall–Kier alpha value is -2.32. The van der Waals surface area contributed by atoms with Crippen molar-refractivity contribution in [1.82, 2.24) is 20.0 Å². The largest absolute Gasteiger partial charge is 0.454 e. The maximum atomic E-state index is 13.0. The first-order valence-electron chi connectivity index (χ1n) is 13.1. The molecule has 3 fully saturated rings. The fourth-order valence-corrected chi connectivity index (χ4v) is 5.84. The van der Waals surface area contributed by atoms with Gasteiger partial charge < -0.3 is 29.5 Å². The smallest absolute Gasteiger partial charge is 0.253 e. The second-order valence-corrected chi connectivity index (χ2v) is 10.1. The minimum atomic E-state index is 0.0664. The van der Waals surface area contributed by atoms with Crippen LogP contribution >= 0.6 is 0 Å². The van der Waals surface area contributed by atoms with Crippen LogP contribution in [0.15, 0.2) is 18.2 Å². The maximum absolute atomic E-state index is 13.0. The molecule has 4 aliphatic heterocycles. The number of rotatable bonds is 6. The van der Waals surface area contributed by atoms with Gasteiger partial charge in [0.25, 0.3) is 5.91 Å². The van der Waals surface area contributed by atoms with Crippen molar-refractivity contribution in [2.24, 2.45) is 5.92 Å². The molecule has 4 aliphatic rings. The molecule has 0 saturated carbocycles. The normalized spacial score (nSPS) is 22.6. The van der Waals surface area contributed by atoms with Gasteiger partial charge in [-0.05, 0) is 82.9 Å². The number of fused-ring (bicyclic) bond motifs is 1. The summed E-state index contributed by atoms with van der Waals surface area (Å²) >= 11 is 0. The second kappa shape index (κ2) is 11.0. The Morgan fingerprint density at radius 2 is 1.62 bits per heavy atom. The fraction of sp³-hybridized carbons (Fsp3) is 0.692. The number of amides is 2. The van der Waals surface area contributed by atoms with Crippen LogP contribution in [-0.2, 0) is 4.79 Å². The molecule has 0 aliphatic carbocycles. The van der Waals surface area contributed by atoms with Gasteiger partial charge >= 0.3 is 0 Å². The quantitative estimate of drug-likeness (QED) is 0.688. The number of benzene rings is 1. The molecular weight excluding hydrogens is 432 g/mol. The van der Waals surface area contributed by atoms with Gasteiger partial charge in [0.05, 0.1) is 0 Å². The van der Waals surface area contributed by atoms with Crippen LogP contribution in [0, 0.1) is 5.92 Å². The molecule has 0 spiro atoms. The van der Waals surface area contributed by atoms with E-state index in [1.807, 2.05) is 17.0 Å². The van der Waals surface area contributed by atoms with E-state index in [1.165, 1.54) is 32.4 Å². The number of carbonyl (C=O) groups excluding carboxylic acids is 2. The number of carbonyl (C=O) groups is 2. The zero-order valence-electron chi connectivity index (χ0n) is 20.2. The van der Waals surface area contributed by atoms with Crippen molar-refractivity contribution in [3.8, 4) is 11.5 Å². The lowest BCUT2D eigenvalue weighted by molar-refractivity contribution is -0.126. The molecule has 3 saturated heterocycles. The van der Waals surface area contributed by atoms with Gasteiger partial charge in [0.1, 0.15) is 0 Å². The van der Waals surface area contributed by atoms with Gasteiger partial charge in [0, 0.05) is 43.7 Å². The van der Waals surface area contributed by atoms with Crippen LogP contribution in [0.4, 0.5) is 0 Å². The summed E-state index contributed by atoms with van der Waals surface area (Å²) in [5.41, 5.74) is 0.662. The lowest BCUT2D eigenvalue weighted by atomic mass is 9.92. The van der Waals surface area contributed by atoms with Crippen LogP contribution in [-0.4, -0.2) is 91.7 Å². The Balaban J connectivity index is 1.02. The van der Waals surface area contributed by atoms with Gasteiger partial charge in [0.15, 0.2) is 11.5 Å². The molecule has 0 bridgehead atoms. The molecule has 0 atom stereocenters. The van der Waals surface area contributed by atoms with Crippen molar-refractivity contribution < 1.29 is 19.1 Å².